The average molecular weight is 428 g/mol. The maximum absolute atomic E-state index is 10.7. The van der Waals surface area contributed by atoms with Crippen molar-refractivity contribution in [3.8, 4) is 16.9 Å². The Morgan fingerprint density at radius 3 is 2.61 bits per heavy atom. The van der Waals surface area contributed by atoms with Gasteiger partial charge in [-0.3, -0.25) is 0 Å². The van der Waals surface area contributed by atoms with Crippen molar-refractivity contribution in [1.29, 1.82) is 0 Å². The van der Waals surface area contributed by atoms with Gasteiger partial charge in [-0.25, -0.2) is 9.98 Å². The van der Waals surface area contributed by atoms with Gasteiger partial charge in [0.25, 0.3) is 0 Å². The molecule has 0 radical (unpaired) electrons. The highest BCUT2D eigenvalue weighted by Gasteiger charge is 2.21. The highest BCUT2D eigenvalue weighted by molar-refractivity contribution is 9.13. The van der Waals surface area contributed by atoms with Crippen molar-refractivity contribution in [3.05, 3.63) is 72.6 Å². The first-order valence-corrected chi connectivity index (χ1v) is 8.65. The molecule has 2 heterocycles. The minimum Gasteiger partial charge on any atom is -0.504 e. The van der Waals surface area contributed by atoms with E-state index in [1.807, 2.05) is 36.4 Å². The molecular weight excluding hydrogens is 420 g/mol. The zero-order valence-corrected chi connectivity index (χ0v) is 14.8. The number of nitrogens with zero attached hydrogens (tertiary/aromatic N) is 2. The summed E-state index contributed by atoms with van der Waals surface area (Å²) in [6.45, 7) is 0. The predicted molar refractivity (Wildman–Crippen MR) is 94.7 cm³/mol. The van der Waals surface area contributed by atoms with Crippen LogP contribution in [0.1, 0.15) is 0 Å². The molecule has 2 aliphatic heterocycles. The summed E-state index contributed by atoms with van der Waals surface area (Å²) >= 11 is 7.16. The van der Waals surface area contributed by atoms with Crippen LogP contribution in [0.25, 0.3) is 11.1 Å². The SMILES string of the molecule is Oc1c2c(cc3c1=Nc1ccccc1-3)=c1c(Br)c(Br)ccc1=N2. The van der Waals surface area contributed by atoms with Gasteiger partial charge in [0.05, 0.1) is 11.0 Å². The molecule has 5 heteroatoms. The first-order chi connectivity index (χ1) is 11.1. The summed E-state index contributed by atoms with van der Waals surface area (Å²) in [5, 5.41) is 14.1. The van der Waals surface area contributed by atoms with E-state index in [0.717, 1.165) is 41.6 Å². The summed E-state index contributed by atoms with van der Waals surface area (Å²) in [5.41, 5.74) is 3.47. The van der Waals surface area contributed by atoms with E-state index in [-0.39, 0.29) is 5.75 Å². The molecule has 0 spiro atoms. The lowest BCUT2D eigenvalue weighted by Crippen LogP contribution is -2.02. The highest BCUT2D eigenvalue weighted by Crippen LogP contribution is 2.39. The molecule has 0 aliphatic carbocycles. The molecule has 0 fully saturated rings. The summed E-state index contributed by atoms with van der Waals surface area (Å²) in [6.07, 6.45) is 0. The van der Waals surface area contributed by atoms with Gasteiger partial charge >= 0.3 is 0 Å². The smallest absolute Gasteiger partial charge is 0.168 e. The van der Waals surface area contributed by atoms with E-state index >= 15 is 0 Å². The molecule has 0 atom stereocenters. The molecule has 23 heavy (non-hydrogen) atoms. The van der Waals surface area contributed by atoms with E-state index in [0.29, 0.717) is 11.0 Å². The van der Waals surface area contributed by atoms with E-state index in [1.165, 1.54) is 0 Å². The Kier molecular flexibility index (Phi) is 2.65. The van der Waals surface area contributed by atoms with Gasteiger partial charge < -0.3 is 5.11 Å². The number of halogens is 2. The van der Waals surface area contributed by atoms with Gasteiger partial charge in [-0.05, 0) is 56.1 Å². The number of rotatable bonds is 0. The Morgan fingerprint density at radius 1 is 0.913 bits per heavy atom. The van der Waals surface area contributed by atoms with Gasteiger partial charge in [-0.1, -0.05) is 18.2 Å². The first kappa shape index (κ1) is 13.5. The van der Waals surface area contributed by atoms with Crippen molar-refractivity contribution < 1.29 is 5.11 Å². The fourth-order valence-corrected chi connectivity index (χ4v) is 4.08. The number of benzene rings is 3. The summed E-state index contributed by atoms with van der Waals surface area (Å²) in [6, 6.07) is 13.9. The third-order valence-electron chi connectivity index (χ3n) is 4.25. The molecule has 5 rings (SSSR count). The second-order valence-electron chi connectivity index (χ2n) is 5.51. The van der Waals surface area contributed by atoms with Crippen LogP contribution >= 0.6 is 31.9 Å². The molecule has 3 aromatic rings. The number of para-hydroxylation sites is 1. The van der Waals surface area contributed by atoms with Crippen LogP contribution in [0.2, 0.25) is 0 Å². The Morgan fingerprint density at radius 2 is 1.74 bits per heavy atom. The van der Waals surface area contributed by atoms with E-state index < -0.39 is 0 Å². The van der Waals surface area contributed by atoms with Crippen LogP contribution in [0, 0.1) is 10.4 Å². The van der Waals surface area contributed by atoms with Crippen LogP contribution in [0.15, 0.2) is 61.4 Å². The number of phenols is 1. The minimum atomic E-state index is 0.146. The third-order valence-corrected chi connectivity index (χ3v) is 6.27. The third kappa shape index (κ3) is 1.69. The van der Waals surface area contributed by atoms with Gasteiger partial charge in [0.2, 0.25) is 0 Å². The van der Waals surface area contributed by atoms with Crippen LogP contribution in [0.4, 0.5) is 11.4 Å². The average Bonchev–Trinajstić information content (AvgIpc) is 3.11. The Labute approximate surface area is 147 Å². The second kappa shape index (κ2) is 4.52. The van der Waals surface area contributed by atoms with Gasteiger partial charge in [0, 0.05) is 30.5 Å². The second-order valence-corrected chi connectivity index (χ2v) is 7.16. The van der Waals surface area contributed by atoms with Crippen LogP contribution in [-0.2, 0) is 0 Å². The molecule has 0 unspecified atom stereocenters. The number of fused-ring (bicyclic) bond motifs is 5. The standard InChI is InChI=1S/C18H8Br2N2O/c19-11-5-6-13-14(15(11)20)10-7-9-8-3-1-2-4-12(8)21-16(9)18(23)17(10)22-13/h1-7,23H. The molecule has 3 nitrogen and oxygen atoms in total. The zero-order chi connectivity index (χ0) is 15.7. The van der Waals surface area contributed by atoms with E-state index in [9.17, 15) is 5.11 Å². The number of phenolic OH excluding ortho intramolecular Hbond substituents is 1. The lowest BCUT2D eigenvalue weighted by Gasteiger charge is -2.02. The fraction of sp³-hybridized carbons (Fsp3) is 0. The number of hydrogen-bond donors (Lipinski definition) is 1. The van der Waals surface area contributed by atoms with Gasteiger partial charge in [0.1, 0.15) is 11.0 Å². The number of aromatic hydroxyl groups is 1. The fourth-order valence-electron chi connectivity index (χ4n) is 3.20. The predicted octanol–water partition coefficient (Wildman–Crippen LogP) is 4.40. The molecule has 0 aromatic heterocycles. The van der Waals surface area contributed by atoms with E-state index in [2.05, 4.69) is 47.9 Å². The van der Waals surface area contributed by atoms with Crippen molar-refractivity contribution in [3.63, 3.8) is 0 Å². The maximum Gasteiger partial charge on any atom is 0.168 e. The first-order valence-electron chi connectivity index (χ1n) is 7.06. The summed E-state index contributed by atoms with van der Waals surface area (Å²) < 4.78 is 1.91. The largest absolute Gasteiger partial charge is 0.504 e. The number of hydrogen-bond acceptors (Lipinski definition) is 3. The van der Waals surface area contributed by atoms with Crippen molar-refractivity contribution in [2.24, 2.45) is 9.98 Å². The summed E-state index contributed by atoms with van der Waals surface area (Å²) in [5.74, 6) is 0.146. The normalized spacial score (nSPS) is 12.8. The van der Waals surface area contributed by atoms with Gasteiger partial charge in [-0.2, -0.15) is 0 Å². The molecule has 0 saturated carbocycles. The van der Waals surface area contributed by atoms with Crippen LogP contribution in [0.5, 0.6) is 5.75 Å². The molecule has 0 saturated heterocycles. The van der Waals surface area contributed by atoms with Crippen LogP contribution < -0.4 is 10.7 Å². The molecule has 110 valence electrons. The molecule has 0 bridgehead atoms. The lowest BCUT2D eigenvalue weighted by atomic mass is 10.0. The molecule has 1 N–H and O–H groups in total. The van der Waals surface area contributed by atoms with Crippen molar-refractivity contribution in [2.45, 2.75) is 0 Å². The Balaban J connectivity index is 2.04. The van der Waals surface area contributed by atoms with E-state index in [1.54, 1.807) is 0 Å². The summed E-state index contributed by atoms with van der Waals surface area (Å²) in [7, 11) is 0. The summed E-state index contributed by atoms with van der Waals surface area (Å²) in [4.78, 5) is 9.16. The lowest BCUT2D eigenvalue weighted by molar-refractivity contribution is 0.470. The quantitative estimate of drug-likeness (QED) is 0.391. The van der Waals surface area contributed by atoms with Crippen LogP contribution in [-0.4, -0.2) is 5.11 Å². The van der Waals surface area contributed by atoms with Crippen molar-refractivity contribution >= 4 is 43.2 Å². The van der Waals surface area contributed by atoms with Gasteiger partial charge in [0.15, 0.2) is 5.75 Å². The van der Waals surface area contributed by atoms with E-state index in [4.69, 9.17) is 0 Å². The Bertz CT molecular complexity index is 1250. The van der Waals surface area contributed by atoms with Crippen molar-refractivity contribution in [1.82, 2.24) is 0 Å². The van der Waals surface area contributed by atoms with Crippen LogP contribution in [0.3, 0.4) is 0 Å². The monoisotopic (exact) mass is 426 g/mol. The Hall–Kier alpha value is -1.98. The molecule has 3 aromatic carbocycles. The topological polar surface area (TPSA) is 45.0 Å². The zero-order valence-electron chi connectivity index (χ0n) is 11.6. The molecule has 0 amide bonds. The molecule has 2 aliphatic rings. The maximum atomic E-state index is 10.7. The molecular formula is C18H8Br2N2O. The van der Waals surface area contributed by atoms with Crippen molar-refractivity contribution in [2.75, 3.05) is 0 Å². The van der Waals surface area contributed by atoms with Gasteiger partial charge in [-0.15, -0.1) is 0 Å². The minimum absolute atomic E-state index is 0.146. The highest BCUT2D eigenvalue weighted by atomic mass is 79.9.